The average molecular weight is 354 g/mol. The quantitative estimate of drug-likeness (QED) is 0.773. The highest BCUT2D eigenvalue weighted by Gasteiger charge is 2.15. The lowest BCUT2D eigenvalue weighted by atomic mass is 10.3. The number of hydrogen-bond donors (Lipinski definition) is 2. The van der Waals surface area contributed by atoms with Gasteiger partial charge in [-0.2, -0.15) is 0 Å². The van der Waals surface area contributed by atoms with Gasteiger partial charge in [0.25, 0.3) is 5.91 Å². The third-order valence-corrected chi connectivity index (χ3v) is 3.28. The van der Waals surface area contributed by atoms with E-state index in [0.29, 0.717) is 22.3 Å². The maximum absolute atomic E-state index is 11.9. The molecule has 8 nitrogen and oxygen atoms in total. The maximum Gasteiger partial charge on any atom is 0.417 e. The fourth-order valence-electron chi connectivity index (χ4n) is 1.83. The molecular formula is C15H16ClN3O5. The van der Waals surface area contributed by atoms with Crippen molar-refractivity contribution in [3.05, 3.63) is 47.0 Å². The summed E-state index contributed by atoms with van der Waals surface area (Å²) in [5.74, 6) is 0.323. The van der Waals surface area contributed by atoms with Crippen molar-refractivity contribution in [2.75, 3.05) is 0 Å². The second-order valence-electron chi connectivity index (χ2n) is 4.90. The third-order valence-electron chi connectivity index (χ3n) is 3.03. The van der Waals surface area contributed by atoms with Crippen LogP contribution in [-0.4, -0.2) is 32.8 Å². The van der Waals surface area contributed by atoms with Crippen molar-refractivity contribution >= 4 is 23.6 Å². The molecule has 0 saturated heterocycles. The first-order chi connectivity index (χ1) is 11.4. The SMILES string of the molecule is Cc1nc(CONC(=O)[C@H](C)Oc2ccc(Cl)cc2)cn1C(=O)O. The van der Waals surface area contributed by atoms with Crippen molar-refractivity contribution < 1.29 is 24.3 Å². The average Bonchev–Trinajstić information content (AvgIpc) is 2.90. The number of rotatable bonds is 6. The van der Waals surface area contributed by atoms with E-state index < -0.39 is 18.1 Å². The fraction of sp³-hybridized carbons (Fsp3) is 0.267. The Balaban J connectivity index is 1.81. The molecule has 0 unspecified atom stereocenters. The molecule has 2 rings (SSSR count). The first-order valence-corrected chi connectivity index (χ1v) is 7.36. The molecule has 9 heteroatoms. The molecule has 2 N–H and O–H groups in total. The van der Waals surface area contributed by atoms with Crippen LogP contribution >= 0.6 is 11.6 Å². The van der Waals surface area contributed by atoms with Gasteiger partial charge in [-0.25, -0.2) is 19.8 Å². The maximum atomic E-state index is 11.9. The molecule has 2 aromatic rings. The van der Waals surface area contributed by atoms with Gasteiger partial charge in [0.1, 0.15) is 18.2 Å². The highest BCUT2D eigenvalue weighted by atomic mass is 35.5. The Kier molecular flexibility index (Phi) is 5.78. The number of hydroxylamine groups is 1. The first kappa shape index (κ1) is 17.8. The topological polar surface area (TPSA) is 103 Å². The molecule has 0 fully saturated rings. The van der Waals surface area contributed by atoms with Gasteiger partial charge in [0.15, 0.2) is 6.10 Å². The zero-order chi connectivity index (χ0) is 17.7. The summed E-state index contributed by atoms with van der Waals surface area (Å²) in [6, 6.07) is 6.60. The summed E-state index contributed by atoms with van der Waals surface area (Å²) in [5, 5.41) is 9.48. The Hall–Kier alpha value is -2.58. The Morgan fingerprint density at radius 3 is 2.62 bits per heavy atom. The van der Waals surface area contributed by atoms with Crippen molar-refractivity contribution in [1.82, 2.24) is 15.0 Å². The molecule has 128 valence electrons. The summed E-state index contributed by atoms with van der Waals surface area (Å²) in [6.45, 7) is 3.05. The number of ether oxygens (including phenoxy) is 1. The molecule has 1 atom stereocenters. The van der Waals surface area contributed by atoms with E-state index in [0.717, 1.165) is 4.57 Å². The van der Waals surface area contributed by atoms with Crippen molar-refractivity contribution in [3.8, 4) is 5.75 Å². The number of aromatic nitrogens is 2. The third kappa shape index (κ3) is 4.71. The Labute approximate surface area is 142 Å². The molecule has 1 amide bonds. The van der Waals surface area contributed by atoms with Gasteiger partial charge in [0.05, 0.1) is 5.69 Å². The second-order valence-corrected chi connectivity index (χ2v) is 5.34. The van der Waals surface area contributed by atoms with Crippen LogP contribution < -0.4 is 10.2 Å². The van der Waals surface area contributed by atoms with E-state index in [1.54, 1.807) is 38.1 Å². The number of hydrogen-bond acceptors (Lipinski definition) is 5. The minimum absolute atomic E-state index is 0.0689. The molecule has 0 radical (unpaired) electrons. The molecule has 1 aromatic heterocycles. The van der Waals surface area contributed by atoms with Crippen LogP contribution in [0.1, 0.15) is 18.4 Å². The standard InChI is InChI=1S/C15H16ClN3O5/c1-9(24-13-5-3-11(16)4-6-13)14(20)18-23-8-12-7-19(15(21)22)10(2)17-12/h3-7,9H,8H2,1-2H3,(H,18,20)(H,21,22)/t9-/m0/s1. The number of nitrogens with one attached hydrogen (secondary N) is 1. The lowest BCUT2D eigenvalue weighted by Gasteiger charge is -2.14. The van der Waals surface area contributed by atoms with Gasteiger partial charge < -0.3 is 9.84 Å². The van der Waals surface area contributed by atoms with E-state index in [9.17, 15) is 9.59 Å². The molecule has 0 aliphatic rings. The molecule has 0 spiro atoms. The lowest BCUT2D eigenvalue weighted by Crippen LogP contribution is -2.36. The zero-order valence-electron chi connectivity index (χ0n) is 13.0. The van der Waals surface area contributed by atoms with Crippen LogP contribution in [0.2, 0.25) is 5.02 Å². The Bertz CT molecular complexity index is 729. The number of nitrogens with zero attached hydrogens (tertiary/aromatic N) is 2. The monoisotopic (exact) mass is 353 g/mol. The van der Waals surface area contributed by atoms with Crippen molar-refractivity contribution in [2.45, 2.75) is 26.6 Å². The highest BCUT2D eigenvalue weighted by molar-refractivity contribution is 6.30. The van der Waals surface area contributed by atoms with Crippen LogP contribution in [-0.2, 0) is 16.2 Å². The van der Waals surface area contributed by atoms with Crippen LogP contribution in [0.3, 0.4) is 0 Å². The van der Waals surface area contributed by atoms with E-state index in [2.05, 4.69) is 10.5 Å². The molecule has 24 heavy (non-hydrogen) atoms. The van der Waals surface area contributed by atoms with E-state index in [1.165, 1.54) is 6.20 Å². The van der Waals surface area contributed by atoms with Crippen LogP contribution in [0.25, 0.3) is 0 Å². The van der Waals surface area contributed by atoms with E-state index >= 15 is 0 Å². The molecule has 0 aliphatic carbocycles. The molecule has 1 heterocycles. The molecule has 0 bridgehead atoms. The van der Waals surface area contributed by atoms with Gasteiger partial charge in [0, 0.05) is 11.2 Å². The van der Waals surface area contributed by atoms with Crippen LogP contribution in [0.4, 0.5) is 4.79 Å². The van der Waals surface area contributed by atoms with Crippen LogP contribution in [0.15, 0.2) is 30.5 Å². The molecule has 1 aromatic carbocycles. The number of aryl methyl sites for hydroxylation is 1. The normalized spacial score (nSPS) is 11.8. The van der Waals surface area contributed by atoms with E-state index in [-0.39, 0.29) is 6.61 Å². The number of benzene rings is 1. The van der Waals surface area contributed by atoms with Crippen molar-refractivity contribution in [1.29, 1.82) is 0 Å². The predicted molar refractivity (Wildman–Crippen MR) is 84.9 cm³/mol. The smallest absolute Gasteiger partial charge is 0.417 e. The van der Waals surface area contributed by atoms with Crippen LogP contribution in [0, 0.1) is 6.92 Å². The van der Waals surface area contributed by atoms with Gasteiger partial charge in [-0.3, -0.25) is 9.63 Å². The highest BCUT2D eigenvalue weighted by Crippen LogP contribution is 2.16. The second kappa shape index (κ2) is 7.80. The minimum atomic E-state index is -1.14. The number of amides is 1. The predicted octanol–water partition coefficient (Wildman–Crippen LogP) is 2.39. The number of carbonyl (C=O) groups excluding carboxylic acids is 1. The van der Waals surface area contributed by atoms with E-state index in [4.69, 9.17) is 26.3 Å². The summed E-state index contributed by atoms with van der Waals surface area (Å²) in [4.78, 5) is 31.8. The summed E-state index contributed by atoms with van der Waals surface area (Å²) in [5.41, 5.74) is 2.61. The Morgan fingerprint density at radius 1 is 1.38 bits per heavy atom. The van der Waals surface area contributed by atoms with Crippen molar-refractivity contribution in [2.24, 2.45) is 0 Å². The number of carboxylic acid groups (broad SMARTS) is 1. The molecule has 0 aliphatic heterocycles. The fourth-order valence-corrected chi connectivity index (χ4v) is 1.96. The van der Waals surface area contributed by atoms with E-state index in [1.807, 2.05) is 0 Å². The van der Waals surface area contributed by atoms with Crippen molar-refractivity contribution in [3.63, 3.8) is 0 Å². The molecule has 0 saturated carbocycles. The summed E-state index contributed by atoms with van der Waals surface area (Å²) < 4.78 is 6.41. The summed E-state index contributed by atoms with van der Waals surface area (Å²) in [7, 11) is 0. The van der Waals surface area contributed by atoms with Crippen LogP contribution in [0.5, 0.6) is 5.75 Å². The van der Waals surface area contributed by atoms with Gasteiger partial charge in [-0.15, -0.1) is 0 Å². The zero-order valence-corrected chi connectivity index (χ0v) is 13.8. The van der Waals surface area contributed by atoms with Gasteiger partial charge >= 0.3 is 6.09 Å². The van der Waals surface area contributed by atoms with Gasteiger partial charge in [-0.05, 0) is 38.1 Å². The number of imidazole rings is 1. The largest absolute Gasteiger partial charge is 0.481 e. The van der Waals surface area contributed by atoms with Gasteiger partial charge in [-0.1, -0.05) is 11.6 Å². The lowest BCUT2D eigenvalue weighted by molar-refractivity contribution is -0.141. The minimum Gasteiger partial charge on any atom is -0.481 e. The molecular weight excluding hydrogens is 338 g/mol. The number of carbonyl (C=O) groups is 2. The number of halogens is 1. The summed E-state index contributed by atoms with van der Waals surface area (Å²) in [6.07, 6.45) is -0.609. The first-order valence-electron chi connectivity index (χ1n) is 6.99. The van der Waals surface area contributed by atoms with Gasteiger partial charge in [0.2, 0.25) is 0 Å². The Morgan fingerprint density at radius 2 is 2.04 bits per heavy atom. The summed E-state index contributed by atoms with van der Waals surface area (Å²) >= 11 is 5.77.